The Hall–Kier alpha value is -2.02. The van der Waals surface area contributed by atoms with Gasteiger partial charge in [0.25, 0.3) is 5.91 Å². The molecule has 1 saturated heterocycles. The molecule has 0 N–H and O–H groups in total. The summed E-state index contributed by atoms with van der Waals surface area (Å²) < 4.78 is 8.50. The van der Waals surface area contributed by atoms with Gasteiger partial charge in [-0.15, -0.1) is 0 Å². The number of rotatable bonds is 2. The van der Waals surface area contributed by atoms with E-state index >= 15 is 0 Å². The molecule has 3 rings (SSSR count). The highest BCUT2D eigenvalue weighted by Gasteiger charge is 2.33. The molecule has 28 heavy (non-hydrogen) atoms. The van der Waals surface area contributed by atoms with Crippen molar-refractivity contribution in [2.75, 3.05) is 19.6 Å². The lowest BCUT2D eigenvalue weighted by atomic mass is 10.1. The van der Waals surface area contributed by atoms with Gasteiger partial charge in [-0.05, 0) is 62.7 Å². The Bertz CT molecular complexity index is 900. The molecule has 0 saturated carbocycles. The molecule has 1 fully saturated rings. The van der Waals surface area contributed by atoms with Gasteiger partial charge in [-0.25, -0.2) is 4.79 Å². The molecule has 2 aromatic rings. The van der Waals surface area contributed by atoms with Gasteiger partial charge in [-0.3, -0.25) is 4.79 Å². The monoisotopic (exact) mass is 449 g/mol. The zero-order chi connectivity index (χ0) is 20.6. The number of aromatic nitrogens is 1. The second kappa shape index (κ2) is 7.78. The highest BCUT2D eigenvalue weighted by molar-refractivity contribution is 9.10. The van der Waals surface area contributed by atoms with Crippen LogP contribution in [0.5, 0.6) is 0 Å². The summed E-state index contributed by atoms with van der Waals surface area (Å²) in [6.45, 7) is 11.7. The molecular formula is C21H28BrN3O3. The Labute approximate surface area is 174 Å². The van der Waals surface area contributed by atoms with Gasteiger partial charge in [0.1, 0.15) is 11.3 Å². The van der Waals surface area contributed by atoms with E-state index in [-0.39, 0.29) is 18.0 Å². The standard InChI is InChI=1S/C21H28BrN3O3/c1-6-24-17(12-15-8-7-9-16(22)18(15)24)19(26)25-11-10-23(13-14(25)2)20(27)28-21(3,4)5/h7-9,12,14H,6,10-11,13H2,1-5H3. The van der Waals surface area contributed by atoms with Crippen LogP contribution >= 0.6 is 15.9 Å². The van der Waals surface area contributed by atoms with Crippen LogP contribution in [-0.4, -0.2) is 57.6 Å². The SMILES string of the molecule is CCn1c(C(=O)N2CCN(C(=O)OC(C)(C)C)CC2C)cc2cccc(Br)c21. The first-order chi connectivity index (χ1) is 13.1. The van der Waals surface area contributed by atoms with Gasteiger partial charge >= 0.3 is 6.09 Å². The molecule has 1 aromatic heterocycles. The van der Waals surface area contributed by atoms with Crippen LogP contribution in [0.4, 0.5) is 4.79 Å². The molecule has 1 atom stereocenters. The maximum Gasteiger partial charge on any atom is 0.410 e. The van der Waals surface area contributed by atoms with Crippen LogP contribution in [0.25, 0.3) is 10.9 Å². The zero-order valence-electron chi connectivity index (χ0n) is 17.2. The number of piperazine rings is 1. The molecule has 152 valence electrons. The molecule has 6 nitrogen and oxygen atoms in total. The minimum Gasteiger partial charge on any atom is -0.444 e. The van der Waals surface area contributed by atoms with Crippen molar-refractivity contribution in [3.63, 3.8) is 0 Å². The first-order valence-electron chi connectivity index (χ1n) is 9.69. The number of amides is 2. The Morgan fingerprint density at radius 1 is 1.25 bits per heavy atom. The van der Waals surface area contributed by atoms with E-state index in [0.29, 0.717) is 31.9 Å². The van der Waals surface area contributed by atoms with Crippen LogP contribution in [-0.2, 0) is 11.3 Å². The largest absolute Gasteiger partial charge is 0.444 e. The van der Waals surface area contributed by atoms with E-state index in [1.54, 1.807) is 4.90 Å². The van der Waals surface area contributed by atoms with E-state index in [1.165, 1.54) is 0 Å². The van der Waals surface area contributed by atoms with Gasteiger partial charge < -0.3 is 19.1 Å². The first-order valence-corrected chi connectivity index (χ1v) is 10.5. The number of para-hydroxylation sites is 1. The van der Waals surface area contributed by atoms with Crippen molar-refractivity contribution in [1.82, 2.24) is 14.4 Å². The Morgan fingerprint density at radius 3 is 2.57 bits per heavy atom. The summed E-state index contributed by atoms with van der Waals surface area (Å²) in [4.78, 5) is 29.2. The summed E-state index contributed by atoms with van der Waals surface area (Å²) in [5, 5.41) is 1.04. The van der Waals surface area contributed by atoms with Crippen molar-refractivity contribution < 1.29 is 14.3 Å². The molecule has 2 heterocycles. The fourth-order valence-electron chi connectivity index (χ4n) is 3.68. The lowest BCUT2D eigenvalue weighted by molar-refractivity contribution is 0.00598. The topological polar surface area (TPSA) is 54.8 Å². The number of carbonyl (C=O) groups is 2. The summed E-state index contributed by atoms with van der Waals surface area (Å²) in [6.07, 6.45) is -0.321. The van der Waals surface area contributed by atoms with Crippen molar-refractivity contribution >= 4 is 38.8 Å². The number of hydrogen-bond donors (Lipinski definition) is 0. The van der Waals surface area contributed by atoms with Gasteiger partial charge in [0.2, 0.25) is 0 Å². The number of fused-ring (bicyclic) bond motifs is 1. The first kappa shape index (κ1) is 20.7. The maximum absolute atomic E-state index is 13.3. The molecule has 7 heteroatoms. The fraction of sp³-hybridized carbons (Fsp3) is 0.524. The molecular weight excluding hydrogens is 422 g/mol. The Balaban J connectivity index is 1.80. The minimum absolute atomic E-state index is 0.00119. The summed E-state index contributed by atoms with van der Waals surface area (Å²) in [5.74, 6) is 0.00119. The molecule has 1 aliphatic heterocycles. The van der Waals surface area contributed by atoms with Gasteiger partial charge in [-0.2, -0.15) is 0 Å². The highest BCUT2D eigenvalue weighted by atomic mass is 79.9. The zero-order valence-corrected chi connectivity index (χ0v) is 18.7. The smallest absolute Gasteiger partial charge is 0.410 e. The molecule has 0 radical (unpaired) electrons. The lowest BCUT2D eigenvalue weighted by Gasteiger charge is -2.40. The average Bonchev–Trinajstić information content (AvgIpc) is 2.99. The summed E-state index contributed by atoms with van der Waals surface area (Å²) in [7, 11) is 0. The third-order valence-electron chi connectivity index (χ3n) is 4.95. The normalized spacial score (nSPS) is 17.9. The number of aryl methyl sites for hydroxylation is 1. The predicted molar refractivity (Wildman–Crippen MR) is 114 cm³/mol. The van der Waals surface area contributed by atoms with E-state index in [1.807, 2.05) is 63.8 Å². The molecule has 0 bridgehead atoms. The molecule has 0 spiro atoms. The number of ether oxygens (including phenoxy) is 1. The quantitative estimate of drug-likeness (QED) is 0.677. The van der Waals surface area contributed by atoms with Gasteiger partial charge in [0, 0.05) is 42.1 Å². The van der Waals surface area contributed by atoms with Gasteiger partial charge in [0.15, 0.2) is 0 Å². The summed E-state index contributed by atoms with van der Waals surface area (Å²) >= 11 is 3.60. The molecule has 0 aliphatic carbocycles. The molecule has 1 aliphatic rings. The fourth-order valence-corrected chi connectivity index (χ4v) is 4.28. The van der Waals surface area contributed by atoms with Crippen molar-refractivity contribution in [3.8, 4) is 0 Å². The Morgan fingerprint density at radius 2 is 1.96 bits per heavy atom. The summed E-state index contributed by atoms with van der Waals surface area (Å²) in [6, 6.07) is 7.86. The maximum atomic E-state index is 13.3. The van der Waals surface area contributed by atoms with Gasteiger partial charge in [-0.1, -0.05) is 12.1 Å². The number of carbonyl (C=O) groups excluding carboxylic acids is 2. The number of halogens is 1. The predicted octanol–water partition coefficient (Wildman–Crippen LogP) is 4.51. The van der Waals surface area contributed by atoms with Crippen LogP contribution in [0.3, 0.4) is 0 Å². The van der Waals surface area contributed by atoms with E-state index in [2.05, 4.69) is 20.5 Å². The lowest BCUT2D eigenvalue weighted by Crippen LogP contribution is -2.56. The van der Waals surface area contributed by atoms with Crippen LogP contribution in [0.2, 0.25) is 0 Å². The second-order valence-corrected chi connectivity index (χ2v) is 9.08. The van der Waals surface area contributed by atoms with Crippen molar-refractivity contribution in [3.05, 3.63) is 34.4 Å². The van der Waals surface area contributed by atoms with Crippen molar-refractivity contribution in [2.24, 2.45) is 0 Å². The third-order valence-corrected chi connectivity index (χ3v) is 5.59. The van der Waals surface area contributed by atoms with E-state index in [0.717, 1.165) is 15.4 Å². The van der Waals surface area contributed by atoms with E-state index in [4.69, 9.17) is 4.74 Å². The Kier molecular flexibility index (Phi) is 5.75. The highest BCUT2D eigenvalue weighted by Crippen LogP contribution is 2.29. The van der Waals surface area contributed by atoms with Crippen LogP contribution in [0.1, 0.15) is 45.1 Å². The summed E-state index contributed by atoms with van der Waals surface area (Å²) in [5.41, 5.74) is 1.19. The third kappa shape index (κ3) is 4.04. The van der Waals surface area contributed by atoms with Crippen LogP contribution in [0, 0.1) is 0 Å². The number of benzene rings is 1. The van der Waals surface area contributed by atoms with E-state index in [9.17, 15) is 9.59 Å². The molecule has 1 aromatic carbocycles. The van der Waals surface area contributed by atoms with Crippen molar-refractivity contribution in [2.45, 2.75) is 52.8 Å². The van der Waals surface area contributed by atoms with Crippen LogP contribution < -0.4 is 0 Å². The van der Waals surface area contributed by atoms with E-state index < -0.39 is 5.60 Å². The van der Waals surface area contributed by atoms with Gasteiger partial charge in [0.05, 0.1) is 5.52 Å². The average molecular weight is 450 g/mol. The van der Waals surface area contributed by atoms with Crippen molar-refractivity contribution in [1.29, 1.82) is 0 Å². The number of hydrogen-bond acceptors (Lipinski definition) is 3. The van der Waals surface area contributed by atoms with Crippen LogP contribution in [0.15, 0.2) is 28.7 Å². The minimum atomic E-state index is -0.525. The molecule has 1 unspecified atom stereocenters. The molecule has 2 amide bonds. The number of nitrogens with zero attached hydrogens (tertiary/aromatic N) is 3. The second-order valence-electron chi connectivity index (χ2n) is 8.23.